The van der Waals surface area contributed by atoms with Crippen LogP contribution in [-0.2, 0) is 12.8 Å². The minimum absolute atomic E-state index is 0. The van der Waals surface area contributed by atoms with Crippen molar-refractivity contribution in [1.29, 1.82) is 0 Å². The molecule has 0 N–H and O–H groups in total. The summed E-state index contributed by atoms with van der Waals surface area (Å²) in [6.07, 6.45) is 8.60. The average molecular weight is 505 g/mol. The smallest absolute Gasteiger partial charge is 0.0623 e. The molecule has 3 nitrogen and oxygen atoms in total. The van der Waals surface area contributed by atoms with Gasteiger partial charge in [-0.25, -0.2) is 0 Å². The van der Waals surface area contributed by atoms with Crippen LogP contribution in [0.4, 0.5) is 0 Å². The topological polar surface area (TPSA) is 19.4 Å². The molecule has 0 saturated carbocycles. The Bertz CT molecular complexity index is 970. The number of halogens is 3. The average Bonchev–Trinajstić information content (AvgIpc) is 2.97. The van der Waals surface area contributed by atoms with Crippen LogP contribution >= 0.6 is 37.2 Å². The van der Waals surface area contributed by atoms with Crippen LogP contribution in [0.5, 0.6) is 0 Å². The number of benzene rings is 2. The first-order chi connectivity index (χ1) is 14.9. The van der Waals surface area contributed by atoms with Crippen molar-refractivity contribution in [2.75, 3.05) is 32.7 Å². The lowest BCUT2D eigenvalue weighted by molar-refractivity contribution is 0.117. The molecule has 1 aliphatic heterocycles. The minimum Gasteiger partial charge on any atom is -0.297 e. The van der Waals surface area contributed by atoms with Crippen LogP contribution in [0.2, 0.25) is 0 Å². The van der Waals surface area contributed by atoms with Crippen LogP contribution in [0.1, 0.15) is 34.0 Å². The molecule has 1 saturated heterocycles. The molecule has 33 heavy (non-hydrogen) atoms. The van der Waals surface area contributed by atoms with Gasteiger partial charge < -0.3 is 0 Å². The minimum atomic E-state index is 0. The SMILES string of the molecule is C(=C\c1ccccc1)/CN1CCN(C2c3ccccc3CCc3ncccc32)CC1.Cl.Cl.Cl. The molecule has 3 aromatic rings. The summed E-state index contributed by atoms with van der Waals surface area (Å²) in [4.78, 5) is 9.97. The first-order valence-corrected chi connectivity index (χ1v) is 11.1. The van der Waals surface area contributed by atoms with E-state index in [-0.39, 0.29) is 37.2 Å². The highest BCUT2D eigenvalue weighted by atomic mass is 35.5. The lowest BCUT2D eigenvalue weighted by Gasteiger charge is -2.39. The number of fused-ring (bicyclic) bond motifs is 2. The molecule has 1 aliphatic carbocycles. The van der Waals surface area contributed by atoms with Crippen molar-refractivity contribution in [2.45, 2.75) is 18.9 Å². The van der Waals surface area contributed by atoms with E-state index >= 15 is 0 Å². The van der Waals surface area contributed by atoms with Crippen LogP contribution in [0.25, 0.3) is 6.08 Å². The van der Waals surface area contributed by atoms with Crippen molar-refractivity contribution < 1.29 is 0 Å². The molecule has 176 valence electrons. The Morgan fingerprint density at radius 2 is 1.45 bits per heavy atom. The number of aryl methyl sites for hydroxylation is 2. The van der Waals surface area contributed by atoms with Gasteiger partial charge in [0.2, 0.25) is 0 Å². The largest absolute Gasteiger partial charge is 0.297 e. The number of hydrogen-bond donors (Lipinski definition) is 0. The van der Waals surface area contributed by atoms with Gasteiger partial charge in [0.25, 0.3) is 0 Å². The molecule has 1 aromatic heterocycles. The van der Waals surface area contributed by atoms with Crippen LogP contribution in [0.15, 0.2) is 79.0 Å². The summed E-state index contributed by atoms with van der Waals surface area (Å²) in [6.45, 7) is 5.40. The number of pyridine rings is 1. The maximum absolute atomic E-state index is 4.75. The lowest BCUT2D eigenvalue weighted by atomic mass is 9.94. The highest BCUT2D eigenvalue weighted by Gasteiger charge is 2.31. The van der Waals surface area contributed by atoms with Gasteiger partial charge in [-0.3, -0.25) is 14.8 Å². The Hall–Kier alpha value is -1.88. The molecule has 0 bridgehead atoms. The van der Waals surface area contributed by atoms with Gasteiger partial charge in [0.1, 0.15) is 0 Å². The zero-order valence-corrected chi connectivity index (χ0v) is 21.1. The molecule has 5 rings (SSSR count). The zero-order chi connectivity index (χ0) is 20.2. The molecule has 0 radical (unpaired) electrons. The Morgan fingerprint density at radius 3 is 2.24 bits per heavy atom. The predicted molar refractivity (Wildman–Crippen MR) is 145 cm³/mol. The maximum Gasteiger partial charge on any atom is 0.0623 e. The second-order valence-electron chi connectivity index (χ2n) is 8.29. The summed E-state index contributed by atoms with van der Waals surface area (Å²) in [5, 5.41) is 0. The van der Waals surface area contributed by atoms with Crippen LogP contribution in [0.3, 0.4) is 0 Å². The van der Waals surface area contributed by atoms with Crippen molar-refractivity contribution in [3.63, 3.8) is 0 Å². The zero-order valence-electron chi connectivity index (χ0n) is 18.7. The fourth-order valence-corrected chi connectivity index (χ4v) is 4.86. The van der Waals surface area contributed by atoms with Crippen molar-refractivity contribution in [2.24, 2.45) is 0 Å². The van der Waals surface area contributed by atoms with Crippen LogP contribution < -0.4 is 0 Å². The Labute approximate surface area is 216 Å². The first kappa shape index (κ1) is 27.4. The summed E-state index contributed by atoms with van der Waals surface area (Å²) >= 11 is 0. The quantitative estimate of drug-likeness (QED) is 0.443. The van der Waals surface area contributed by atoms with Crippen LogP contribution in [-0.4, -0.2) is 47.5 Å². The standard InChI is InChI=1S/C27H29N3.3ClH/c1-2-8-22(9-3-1)10-7-17-29-18-20-30(21-19-29)27-24-12-5-4-11-23(24)14-15-26-25(27)13-6-16-28-26;;;/h1-13,16,27H,14-15,17-21H2;3*1H/b10-7+;;;. The second kappa shape index (κ2) is 13.1. The number of nitrogens with zero attached hydrogens (tertiary/aromatic N) is 3. The van der Waals surface area contributed by atoms with E-state index in [1.165, 1.54) is 27.9 Å². The molecular formula is C27H32Cl3N3. The highest BCUT2D eigenvalue weighted by molar-refractivity contribution is 5.86. The van der Waals surface area contributed by atoms with E-state index in [9.17, 15) is 0 Å². The molecule has 2 aromatic carbocycles. The van der Waals surface area contributed by atoms with Gasteiger partial charge in [0.15, 0.2) is 0 Å². The van der Waals surface area contributed by atoms with Gasteiger partial charge in [-0.05, 0) is 41.2 Å². The molecule has 1 unspecified atom stereocenters. The van der Waals surface area contributed by atoms with Crippen LogP contribution in [0, 0.1) is 0 Å². The number of hydrogen-bond acceptors (Lipinski definition) is 3. The lowest BCUT2D eigenvalue weighted by Crippen LogP contribution is -2.47. The summed E-state index contributed by atoms with van der Waals surface area (Å²) in [5.41, 5.74) is 6.90. The van der Waals surface area contributed by atoms with Gasteiger partial charge in [-0.2, -0.15) is 0 Å². The summed E-state index contributed by atoms with van der Waals surface area (Å²) in [7, 11) is 0. The van der Waals surface area contributed by atoms with Crippen molar-refractivity contribution >= 4 is 43.3 Å². The number of aromatic nitrogens is 1. The Balaban J connectivity index is 0.00000128. The molecule has 1 atom stereocenters. The fraction of sp³-hybridized carbons (Fsp3) is 0.296. The highest BCUT2D eigenvalue weighted by Crippen LogP contribution is 2.36. The normalized spacial score (nSPS) is 18.1. The van der Waals surface area contributed by atoms with Gasteiger partial charge in [0.05, 0.1) is 6.04 Å². The molecule has 0 amide bonds. The van der Waals surface area contributed by atoms with Gasteiger partial charge in [-0.1, -0.05) is 72.8 Å². The molecular weight excluding hydrogens is 473 g/mol. The Kier molecular flexibility index (Phi) is 10.9. The van der Waals surface area contributed by atoms with E-state index in [0.717, 1.165) is 45.6 Å². The van der Waals surface area contributed by atoms with Gasteiger partial charge in [0, 0.05) is 44.6 Å². The Morgan fingerprint density at radius 1 is 0.758 bits per heavy atom. The monoisotopic (exact) mass is 503 g/mol. The fourth-order valence-electron chi connectivity index (χ4n) is 4.86. The van der Waals surface area contributed by atoms with E-state index in [1.807, 2.05) is 6.20 Å². The van der Waals surface area contributed by atoms with Crippen molar-refractivity contribution in [1.82, 2.24) is 14.8 Å². The number of rotatable bonds is 4. The molecule has 1 fully saturated rings. The first-order valence-electron chi connectivity index (χ1n) is 11.1. The summed E-state index contributed by atoms with van der Waals surface area (Å²) in [5.74, 6) is 0. The van der Waals surface area contributed by atoms with E-state index < -0.39 is 0 Å². The second-order valence-corrected chi connectivity index (χ2v) is 8.29. The third kappa shape index (κ3) is 6.38. The maximum atomic E-state index is 4.75. The third-order valence-electron chi connectivity index (χ3n) is 6.45. The third-order valence-corrected chi connectivity index (χ3v) is 6.45. The number of piperazine rings is 1. The van der Waals surface area contributed by atoms with Gasteiger partial charge in [-0.15, -0.1) is 37.2 Å². The predicted octanol–water partition coefficient (Wildman–Crippen LogP) is 5.87. The van der Waals surface area contributed by atoms with E-state index in [1.54, 1.807) is 0 Å². The molecule has 2 aliphatic rings. The van der Waals surface area contributed by atoms with Crippen molar-refractivity contribution in [3.05, 3.63) is 107 Å². The molecule has 6 heteroatoms. The summed E-state index contributed by atoms with van der Waals surface area (Å²) < 4.78 is 0. The van der Waals surface area contributed by atoms with Crippen molar-refractivity contribution in [3.8, 4) is 0 Å². The summed E-state index contributed by atoms with van der Waals surface area (Å²) in [6, 6.07) is 24.3. The van der Waals surface area contributed by atoms with E-state index in [4.69, 9.17) is 4.98 Å². The van der Waals surface area contributed by atoms with E-state index in [2.05, 4.69) is 88.7 Å². The molecule has 0 spiro atoms. The molecule has 2 heterocycles. The van der Waals surface area contributed by atoms with E-state index in [0.29, 0.717) is 6.04 Å². The van der Waals surface area contributed by atoms with Gasteiger partial charge >= 0.3 is 0 Å².